The molecule has 2 aromatic rings. The molecule has 0 saturated carbocycles. The van der Waals surface area contributed by atoms with Crippen LogP contribution < -0.4 is 5.32 Å². The summed E-state index contributed by atoms with van der Waals surface area (Å²) in [7, 11) is 0. The zero-order chi connectivity index (χ0) is 15.2. The Morgan fingerprint density at radius 3 is 2.76 bits per heavy atom. The Morgan fingerprint density at radius 2 is 2.14 bits per heavy atom. The van der Waals surface area contributed by atoms with Crippen molar-refractivity contribution in [1.82, 2.24) is 15.3 Å². The number of halogens is 1. The first-order valence-corrected chi connectivity index (χ1v) is 6.48. The van der Waals surface area contributed by atoms with E-state index in [4.69, 9.17) is 16.7 Å². The smallest absolute Gasteiger partial charge is 0.305 e. The van der Waals surface area contributed by atoms with Gasteiger partial charge in [-0.3, -0.25) is 14.6 Å². The van der Waals surface area contributed by atoms with E-state index in [1.165, 1.54) is 18.6 Å². The quantitative estimate of drug-likeness (QED) is 0.882. The minimum Gasteiger partial charge on any atom is -0.481 e. The van der Waals surface area contributed by atoms with Gasteiger partial charge in [-0.2, -0.15) is 0 Å². The van der Waals surface area contributed by atoms with Crippen LogP contribution in [-0.4, -0.2) is 27.0 Å². The van der Waals surface area contributed by atoms with E-state index < -0.39 is 17.9 Å². The van der Waals surface area contributed by atoms with E-state index in [2.05, 4.69) is 15.3 Å². The number of rotatable bonds is 5. The van der Waals surface area contributed by atoms with E-state index in [1.807, 2.05) is 0 Å². The molecule has 0 radical (unpaired) electrons. The predicted molar refractivity (Wildman–Crippen MR) is 75.9 cm³/mol. The first kappa shape index (κ1) is 14.9. The summed E-state index contributed by atoms with van der Waals surface area (Å²) in [6.45, 7) is 0. The topological polar surface area (TPSA) is 92.2 Å². The molecule has 0 fully saturated rings. The van der Waals surface area contributed by atoms with Crippen molar-refractivity contribution in [1.29, 1.82) is 0 Å². The summed E-state index contributed by atoms with van der Waals surface area (Å²) in [4.78, 5) is 30.7. The van der Waals surface area contributed by atoms with Gasteiger partial charge in [0.25, 0.3) is 5.91 Å². The standard InChI is InChI=1S/C14H12ClN3O3/c15-10-3-1-2-9(6-10)11(7-13(19)20)18-14(21)12-8-16-4-5-17-12/h1-6,8,11H,7H2,(H,18,21)(H,19,20). The van der Waals surface area contributed by atoms with Gasteiger partial charge in [-0.1, -0.05) is 23.7 Å². The number of nitrogens with zero attached hydrogens (tertiary/aromatic N) is 2. The number of nitrogens with one attached hydrogen (secondary N) is 1. The monoisotopic (exact) mass is 305 g/mol. The summed E-state index contributed by atoms with van der Waals surface area (Å²) in [5, 5.41) is 12.1. The normalized spacial score (nSPS) is 11.7. The maximum absolute atomic E-state index is 12.1. The van der Waals surface area contributed by atoms with Crippen molar-refractivity contribution in [3.05, 3.63) is 59.1 Å². The van der Waals surface area contributed by atoms with Crippen LogP contribution in [0.15, 0.2) is 42.9 Å². The molecule has 2 N–H and O–H groups in total. The lowest BCUT2D eigenvalue weighted by atomic mass is 10.0. The second kappa shape index (κ2) is 6.81. The second-order valence-corrected chi connectivity index (χ2v) is 4.71. The lowest BCUT2D eigenvalue weighted by molar-refractivity contribution is -0.137. The molecule has 108 valence electrons. The summed E-state index contributed by atoms with van der Waals surface area (Å²) in [5.74, 6) is -1.52. The molecule has 1 amide bonds. The molecular weight excluding hydrogens is 294 g/mol. The van der Waals surface area contributed by atoms with Crippen LogP contribution in [0, 0.1) is 0 Å². The fraction of sp³-hybridized carbons (Fsp3) is 0.143. The van der Waals surface area contributed by atoms with E-state index in [-0.39, 0.29) is 12.1 Å². The van der Waals surface area contributed by atoms with E-state index in [0.717, 1.165) is 0 Å². The van der Waals surface area contributed by atoms with Gasteiger partial charge in [0.2, 0.25) is 0 Å². The van der Waals surface area contributed by atoms with Gasteiger partial charge in [-0.25, -0.2) is 4.98 Å². The van der Waals surface area contributed by atoms with E-state index >= 15 is 0 Å². The minimum absolute atomic E-state index is 0.120. The van der Waals surface area contributed by atoms with Crippen molar-refractivity contribution < 1.29 is 14.7 Å². The third kappa shape index (κ3) is 4.25. The number of carboxylic acid groups (broad SMARTS) is 1. The highest BCUT2D eigenvalue weighted by Gasteiger charge is 2.19. The lowest BCUT2D eigenvalue weighted by Crippen LogP contribution is -2.30. The molecule has 6 nitrogen and oxygen atoms in total. The van der Waals surface area contributed by atoms with Crippen LogP contribution >= 0.6 is 11.6 Å². The Bertz CT molecular complexity index is 649. The number of carbonyl (C=O) groups excluding carboxylic acids is 1. The van der Waals surface area contributed by atoms with Crippen molar-refractivity contribution in [2.75, 3.05) is 0 Å². The molecule has 1 unspecified atom stereocenters. The van der Waals surface area contributed by atoms with Crippen LogP contribution in [0.4, 0.5) is 0 Å². The fourth-order valence-corrected chi connectivity index (χ4v) is 2.00. The van der Waals surface area contributed by atoms with Crippen LogP contribution in [0.1, 0.15) is 28.5 Å². The highest BCUT2D eigenvalue weighted by molar-refractivity contribution is 6.30. The van der Waals surface area contributed by atoms with E-state index in [0.29, 0.717) is 10.6 Å². The van der Waals surface area contributed by atoms with Gasteiger partial charge in [-0.05, 0) is 17.7 Å². The SMILES string of the molecule is O=C(O)CC(NC(=O)c1cnccn1)c1cccc(Cl)c1. The maximum Gasteiger partial charge on any atom is 0.305 e. The van der Waals surface area contributed by atoms with E-state index in [9.17, 15) is 9.59 Å². The summed E-state index contributed by atoms with van der Waals surface area (Å²) in [6.07, 6.45) is 3.89. The molecule has 0 saturated heterocycles. The minimum atomic E-state index is -1.03. The fourth-order valence-electron chi connectivity index (χ4n) is 1.80. The molecule has 21 heavy (non-hydrogen) atoms. The Balaban J connectivity index is 2.21. The molecule has 0 spiro atoms. The Morgan fingerprint density at radius 1 is 1.33 bits per heavy atom. The molecule has 0 aliphatic heterocycles. The zero-order valence-electron chi connectivity index (χ0n) is 10.9. The highest BCUT2D eigenvalue weighted by Crippen LogP contribution is 2.21. The number of benzene rings is 1. The molecule has 1 aromatic carbocycles. The van der Waals surface area contributed by atoms with Crippen molar-refractivity contribution >= 4 is 23.5 Å². The Kier molecular flexibility index (Phi) is 4.84. The van der Waals surface area contributed by atoms with Crippen molar-refractivity contribution in [2.24, 2.45) is 0 Å². The average molecular weight is 306 g/mol. The van der Waals surface area contributed by atoms with Crippen LogP contribution in [0.2, 0.25) is 5.02 Å². The summed E-state index contributed by atoms with van der Waals surface area (Å²) in [6, 6.07) is 5.99. The number of amides is 1. The third-order valence-electron chi connectivity index (χ3n) is 2.73. The first-order valence-electron chi connectivity index (χ1n) is 6.10. The van der Waals surface area contributed by atoms with E-state index in [1.54, 1.807) is 24.3 Å². The molecule has 1 heterocycles. The molecule has 2 rings (SSSR count). The van der Waals surface area contributed by atoms with Gasteiger partial charge in [0.05, 0.1) is 18.7 Å². The number of aromatic nitrogens is 2. The van der Waals surface area contributed by atoms with Gasteiger partial charge < -0.3 is 10.4 Å². The molecule has 0 aliphatic carbocycles. The van der Waals surface area contributed by atoms with Crippen LogP contribution in [-0.2, 0) is 4.79 Å². The molecule has 1 aromatic heterocycles. The predicted octanol–water partition coefficient (Wildman–Crippen LogP) is 2.08. The summed E-state index contributed by atoms with van der Waals surface area (Å²) in [5.41, 5.74) is 0.733. The zero-order valence-corrected chi connectivity index (χ0v) is 11.6. The van der Waals surface area contributed by atoms with Gasteiger partial charge in [0, 0.05) is 17.4 Å². The van der Waals surface area contributed by atoms with Gasteiger partial charge in [-0.15, -0.1) is 0 Å². The average Bonchev–Trinajstić information content (AvgIpc) is 2.47. The highest BCUT2D eigenvalue weighted by atomic mass is 35.5. The Hall–Kier alpha value is -2.47. The number of carbonyl (C=O) groups is 2. The number of aliphatic carboxylic acids is 1. The molecular formula is C14H12ClN3O3. The second-order valence-electron chi connectivity index (χ2n) is 4.27. The van der Waals surface area contributed by atoms with Crippen molar-refractivity contribution in [2.45, 2.75) is 12.5 Å². The van der Waals surface area contributed by atoms with Crippen LogP contribution in [0.25, 0.3) is 0 Å². The molecule has 0 bridgehead atoms. The Labute approximate surface area is 125 Å². The van der Waals surface area contributed by atoms with Gasteiger partial charge >= 0.3 is 5.97 Å². The lowest BCUT2D eigenvalue weighted by Gasteiger charge is -2.17. The number of hydrogen-bond donors (Lipinski definition) is 2. The first-order chi connectivity index (χ1) is 10.1. The van der Waals surface area contributed by atoms with Gasteiger partial charge in [0.15, 0.2) is 0 Å². The molecule has 0 aliphatic rings. The summed E-state index contributed by atoms with van der Waals surface area (Å²) >= 11 is 5.90. The maximum atomic E-state index is 12.1. The van der Waals surface area contributed by atoms with Crippen LogP contribution in [0.5, 0.6) is 0 Å². The number of hydrogen-bond acceptors (Lipinski definition) is 4. The largest absolute Gasteiger partial charge is 0.481 e. The molecule has 1 atom stereocenters. The number of carboxylic acids is 1. The van der Waals surface area contributed by atoms with Crippen molar-refractivity contribution in [3.63, 3.8) is 0 Å². The van der Waals surface area contributed by atoms with Gasteiger partial charge in [0.1, 0.15) is 5.69 Å². The third-order valence-corrected chi connectivity index (χ3v) is 2.97. The van der Waals surface area contributed by atoms with Crippen molar-refractivity contribution in [3.8, 4) is 0 Å². The van der Waals surface area contributed by atoms with Crippen LogP contribution in [0.3, 0.4) is 0 Å². The molecule has 7 heteroatoms. The summed E-state index contributed by atoms with van der Waals surface area (Å²) < 4.78 is 0.